The molecule has 138 valence electrons. The third-order valence-electron chi connectivity index (χ3n) is 4.46. The summed E-state index contributed by atoms with van der Waals surface area (Å²) < 4.78 is 24.6. The van der Waals surface area contributed by atoms with Gasteiger partial charge >= 0.3 is 0 Å². The van der Waals surface area contributed by atoms with E-state index < -0.39 is 0 Å². The Bertz CT molecular complexity index is 965. The van der Waals surface area contributed by atoms with Crippen LogP contribution in [0.1, 0.15) is 29.5 Å². The molecule has 0 radical (unpaired) electrons. The number of aryl methyl sites for hydroxylation is 1. The standard InChI is InChI=1S/C20H18FN3O3/c1-13-6-7-14(10-15(13)21)22-12-20(25)24-17(19-5-3-9-27-19)11-16(23-24)18-4-2-8-26-18/h2-10,17,22H,11-12H2,1H3. The molecule has 1 N–H and O–H groups in total. The van der Waals surface area contributed by atoms with Crippen LogP contribution in [0.5, 0.6) is 0 Å². The zero-order valence-corrected chi connectivity index (χ0v) is 14.7. The monoisotopic (exact) mass is 367 g/mol. The molecule has 7 heteroatoms. The highest BCUT2D eigenvalue weighted by Gasteiger charge is 2.35. The van der Waals surface area contributed by atoms with Gasteiger partial charge in [-0.25, -0.2) is 9.40 Å². The van der Waals surface area contributed by atoms with Crippen LogP contribution in [0.15, 0.2) is 68.9 Å². The fourth-order valence-corrected chi connectivity index (χ4v) is 3.00. The average molecular weight is 367 g/mol. The van der Waals surface area contributed by atoms with Crippen molar-refractivity contribution in [2.24, 2.45) is 5.10 Å². The number of carbonyl (C=O) groups is 1. The van der Waals surface area contributed by atoms with E-state index in [4.69, 9.17) is 8.83 Å². The molecule has 1 atom stereocenters. The molecule has 1 aliphatic rings. The molecule has 1 aliphatic heterocycles. The lowest BCUT2D eigenvalue weighted by molar-refractivity contribution is -0.131. The first-order valence-corrected chi connectivity index (χ1v) is 8.58. The minimum Gasteiger partial charge on any atom is -0.467 e. The molecule has 0 aliphatic carbocycles. The van der Waals surface area contributed by atoms with Gasteiger partial charge < -0.3 is 14.2 Å². The smallest absolute Gasteiger partial charge is 0.262 e. The van der Waals surface area contributed by atoms with E-state index in [0.717, 1.165) is 0 Å². The number of nitrogens with one attached hydrogen (secondary N) is 1. The summed E-state index contributed by atoms with van der Waals surface area (Å²) in [5, 5.41) is 8.79. The molecule has 1 unspecified atom stereocenters. The third kappa shape index (κ3) is 3.48. The van der Waals surface area contributed by atoms with Gasteiger partial charge in [0.15, 0.2) is 0 Å². The lowest BCUT2D eigenvalue weighted by atomic mass is 10.1. The number of hydrogen-bond donors (Lipinski definition) is 1. The van der Waals surface area contributed by atoms with Crippen LogP contribution in [0.25, 0.3) is 0 Å². The predicted octanol–water partition coefficient (Wildman–Crippen LogP) is 4.11. The van der Waals surface area contributed by atoms with Gasteiger partial charge in [0.2, 0.25) is 0 Å². The Balaban J connectivity index is 1.52. The van der Waals surface area contributed by atoms with Gasteiger partial charge in [-0.1, -0.05) is 6.07 Å². The van der Waals surface area contributed by atoms with E-state index >= 15 is 0 Å². The fourth-order valence-electron chi connectivity index (χ4n) is 3.00. The SMILES string of the molecule is Cc1ccc(NCC(=O)N2N=C(c3ccco3)CC2c2ccco2)cc1F. The van der Waals surface area contributed by atoms with E-state index in [1.165, 1.54) is 11.1 Å². The Labute approximate surface area is 155 Å². The lowest BCUT2D eigenvalue weighted by Crippen LogP contribution is -2.32. The molecule has 3 heterocycles. The summed E-state index contributed by atoms with van der Waals surface area (Å²) in [4.78, 5) is 12.8. The molecule has 27 heavy (non-hydrogen) atoms. The highest BCUT2D eigenvalue weighted by molar-refractivity contribution is 6.01. The van der Waals surface area contributed by atoms with E-state index in [0.29, 0.717) is 34.9 Å². The topological polar surface area (TPSA) is 71.0 Å². The maximum atomic E-state index is 13.7. The summed E-state index contributed by atoms with van der Waals surface area (Å²) in [6, 6.07) is 11.6. The minimum atomic E-state index is -0.343. The zero-order valence-electron chi connectivity index (χ0n) is 14.7. The Kier molecular flexibility index (Phi) is 4.50. The molecule has 0 spiro atoms. The van der Waals surface area contributed by atoms with Crippen LogP contribution in [0.3, 0.4) is 0 Å². The van der Waals surface area contributed by atoms with Crippen LogP contribution in [0.2, 0.25) is 0 Å². The van der Waals surface area contributed by atoms with Gasteiger partial charge in [-0.2, -0.15) is 5.10 Å². The largest absolute Gasteiger partial charge is 0.467 e. The normalized spacial score (nSPS) is 16.4. The van der Waals surface area contributed by atoms with Crippen LogP contribution in [-0.4, -0.2) is 23.2 Å². The van der Waals surface area contributed by atoms with E-state index in [1.807, 2.05) is 6.07 Å². The van der Waals surface area contributed by atoms with Crippen molar-refractivity contribution >= 4 is 17.3 Å². The summed E-state index contributed by atoms with van der Waals surface area (Å²) in [7, 11) is 0. The molecule has 3 aromatic rings. The molecular weight excluding hydrogens is 349 g/mol. The predicted molar refractivity (Wildman–Crippen MR) is 97.8 cm³/mol. The van der Waals surface area contributed by atoms with Gasteiger partial charge in [0.1, 0.15) is 29.1 Å². The number of amides is 1. The summed E-state index contributed by atoms with van der Waals surface area (Å²) in [6.07, 6.45) is 3.62. The number of furan rings is 2. The van der Waals surface area contributed by atoms with E-state index in [2.05, 4.69) is 10.4 Å². The van der Waals surface area contributed by atoms with Crippen molar-refractivity contribution in [3.63, 3.8) is 0 Å². The van der Waals surface area contributed by atoms with E-state index in [-0.39, 0.29) is 24.3 Å². The minimum absolute atomic E-state index is 0.0192. The maximum Gasteiger partial charge on any atom is 0.262 e. The molecular formula is C20H18FN3O3. The first kappa shape index (κ1) is 17.1. The Morgan fingerprint density at radius 1 is 1.26 bits per heavy atom. The average Bonchev–Trinajstić information content (AvgIpc) is 3.41. The van der Waals surface area contributed by atoms with Gasteiger partial charge in [0.05, 0.1) is 19.1 Å². The molecule has 1 aromatic carbocycles. The molecule has 1 amide bonds. The van der Waals surface area contributed by atoms with Crippen LogP contribution in [0, 0.1) is 12.7 Å². The molecule has 0 saturated heterocycles. The molecule has 2 aromatic heterocycles. The number of hydrogen-bond acceptors (Lipinski definition) is 5. The zero-order chi connectivity index (χ0) is 18.8. The van der Waals surface area contributed by atoms with Crippen molar-refractivity contribution in [2.75, 3.05) is 11.9 Å². The van der Waals surface area contributed by atoms with Gasteiger partial charge in [-0.15, -0.1) is 0 Å². The number of halogens is 1. The van der Waals surface area contributed by atoms with Crippen LogP contribution < -0.4 is 5.32 Å². The van der Waals surface area contributed by atoms with Crippen molar-refractivity contribution < 1.29 is 18.0 Å². The summed E-state index contributed by atoms with van der Waals surface area (Å²) in [5.41, 5.74) is 1.77. The first-order chi connectivity index (χ1) is 13.1. The number of carbonyl (C=O) groups excluding carboxylic acids is 1. The first-order valence-electron chi connectivity index (χ1n) is 8.58. The van der Waals surface area contributed by atoms with Crippen molar-refractivity contribution in [1.82, 2.24) is 5.01 Å². The number of hydrazone groups is 1. The van der Waals surface area contributed by atoms with Crippen molar-refractivity contribution in [3.8, 4) is 0 Å². The van der Waals surface area contributed by atoms with E-state index in [9.17, 15) is 9.18 Å². The summed E-state index contributed by atoms with van der Waals surface area (Å²) >= 11 is 0. The maximum absolute atomic E-state index is 13.7. The van der Waals surface area contributed by atoms with Crippen molar-refractivity contribution in [2.45, 2.75) is 19.4 Å². The Morgan fingerprint density at radius 2 is 2.07 bits per heavy atom. The van der Waals surface area contributed by atoms with Gasteiger partial charge in [0, 0.05) is 12.1 Å². The lowest BCUT2D eigenvalue weighted by Gasteiger charge is -2.20. The van der Waals surface area contributed by atoms with Gasteiger partial charge in [-0.3, -0.25) is 4.79 Å². The second kappa shape index (κ2) is 7.11. The van der Waals surface area contributed by atoms with Crippen LogP contribution >= 0.6 is 0 Å². The molecule has 0 fully saturated rings. The second-order valence-corrected chi connectivity index (χ2v) is 6.32. The van der Waals surface area contributed by atoms with E-state index in [1.54, 1.807) is 49.8 Å². The Morgan fingerprint density at radius 3 is 2.78 bits per heavy atom. The van der Waals surface area contributed by atoms with Crippen molar-refractivity contribution in [1.29, 1.82) is 0 Å². The number of anilines is 1. The Hall–Kier alpha value is -3.35. The highest BCUT2D eigenvalue weighted by atomic mass is 19.1. The summed E-state index contributed by atoms with van der Waals surface area (Å²) in [5.74, 6) is 0.699. The summed E-state index contributed by atoms with van der Waals surface area (Å²) in [6.45, 7) is 1.67. The van der Waals surface area contributed by atoms with Crippen LogP contribution in [0.4, 0.5) is 10.1 Å². The molecule has 4 rings (SSSR count). The fraction of sp³-hybridized carbons (Fsp3) is 0.200. The van der Waals surface area contributed by atoms with Crippen LogP contribution in [-0.2, 0) is 4.79 Å². The van der Waals surface area contributed by atoms with Gasteiger partial charge in [-0.05, 0) is 48.9 Å². The number of nitrogens with zero attached hydrogens (tertiary/aromatic N) is 2. The molecule has 0 bridgehead atoms. The molecule has 0 saturated carbocycles. The third-order valence-corrected chi connectivity index (χ3v) is 4.46. The molecule has 6 nitrogen and oxygen atoms in total. The second-order valence-electron chi connectivity index (χ2n) is 6.32. The number of benzene rings is 1. The van der Waals surface area contributed by atoms with Crippen molar-refractivity contribution in [3.05, 3.63) is 77.9 Å². The number of rotatable bonds is 5. The quantitative estimate of drug-likeness (QED) is 0.737. The van der Waals surface area contributed by atoms with Gasteiger partial charge in [0.25, 0.3) is 5.91 Å². The highest BCUT2D eigenvalue weighted by Crippen LogP contribution is 2.33.